The minimum absolute atomic E-state index is 0.144. The number of benzene rings is 1. The zero-order chi connectivity index (χ0) is 12.3. The third-order valence-corrected chi connectivity index (χ3v) is 2.56. The Morgan fingerprint density at radius 1 is 1.44 bits per heavy atom. The number of ether oxygens (including phenoxy) is 1. The van der Waals surface area contributed by atoms with Gasteiger partial charge in [-0.05, 0) is 18.6 Å². The Morgan fingerprint density at radius 3 is 2.56 bits per heavy atom. The van der Waals surface area contributed by atoms with Gasteiger partial charge in [0.2, 0.25) is 5.82 Å². The van der Waals surface area contributed by atoms with Crippen molar-refractivity contribution in [2.75, 3.05) is 7.11 Å². The minimum atomic E-state index is -1.07. The second-order valence-corrected chi connectivity index (χ2v) is 3.65. The van der Waals surface area contributed by atoms with Gasteiger partial charge in [0.1, 0.15) is 0 Å². The Hall–Kier alpha value is -1.45. The molecule has 0 radical (unpaired) electrons. The summed E-state index contributed by atoms with van der Waals surface area (Å²) in [6.45, 7) is 3.61. The molecule has 0 amide bonds. The van der Waals surface area contributed by atoms with E-state index in [1.807, 2.05) is 6.92 Å². The fourth-order valence-electron chi connectivity index (χ4n) is 1.32. The van der Waals surface area contributed by atoms with Crippen molar-refractivity contribution in [2.45, 2.75) is 20.3 Å². The summed E-state index contributed by atoms with van der Waals surface area (Å²) in [5, 5.41) is 0. The van der Waals surface area contributed by atoms with Crippen LogP contribution in [0.1, 0.15) is 30.6 Å². The van der Waals surface area contributed by atoms with Gasteiger partial charge in [-0.3, -0.25) is 4.79 Å². The second-order valence-electron chi connectivity index (χ2n) is 3.65. The van der Waals surface area contributed by atoms with Crippen LogP contribution in [0.15, 0.2) is 12.1 Å². The number of halogens is 2. The molecule has 0 aliphatic carbocycles. The standard InChI is InChI=1S/C12H14F2O2/c1-4-7(2)12(15)8-5-9(13)11(14)10(6-8)16-3/h5-7H,4H2,1-3H3. The van der Waals surface area contributed by atoms with Gasteiger partial charge in [-0.2, -0.15) is 4.39 Å². The summed E-state index contributed by atoms with van der Waals surface area (Å²) in [5.74, 6) is -2.80. The molecule has 1 unspecified atom stereocenters. The van der Waals surface area contributed by atoms with Crippen molar-refractivity contribution < 1.29 is 18.3 Å². The third-order valence-electron chi connectivity index (χ3n) is 2.56. The number of rotatable bonds is 4. The van der Waals surface area contributed by atoms with Gasteiger partial charge in [0.25, 0.3) is 0 Å². The first-order valence-electron chi connectivity index (χ1n) is 5.08. The van der Waals surface area contributed by atoms with Crippen molar-refractivity contribution in [3.63, 3.8) is 0 Å². The van der Waals surface area contributed by atoms with Crippen molar-refractivity contribution in [3.8, 4) is 5.75 Å². The largest absolute Gasteiger partial charge is 0.494 e. The minimum Gasteiger partial charge on any atom is -0.494 e. The predicted molar refractivity (Wildman–Crippen MR) is 56.7 cm³/mol. The van der Waals surface area contributed by atoms with Crippen molar-refractivity contribution in [1.29, 1.82) is 0 Å². The van der Waals surface area contributed by atoms with E-state index < -0.39 is 11.6 Å². The first kappa shape index (κ1) is 12.6. The number of hydrogen-bond donors (Lipinski definition) is 0. The van der Waals surface area contributed by atoms with Crippen molar-refractivity contribution in [3.05, 3.63) is 29.3 Å². The van der Waals surface area contributed by atoms with Gasteiger partial charge >= 0.3 is 0 Å². The van der Waals surface area contributed by atoms with Crippen LogP contribution in [0.2, 0.25) is 0 Å². The van der Waals surface area contributed by atoms with E-state index in [2.05, 4.69) is 4.74 Å². The fraction of sp³-hybridized carbons (Fsp3) is 0.417. The molecule has 16 heavy (non-hydrogen) atoms. The summed E-state index contributed by atoms with van der Waals surface area (Å²) in [6, 6.07) is 2.14. The Kier molecular flexibility index (Phi) is 3.99. The summed E-state index contributed by atoms with van der Waals surface area (Å²) in [6.07, 6.45) is 0.653. The van der Waals surface area contributed by atoms with Crippen molar-refractivity contribution in [2.24, 2.45) is 5.92 Å². The molecule has 1 aromatic rings. The average molecular weight is 228 g/mol. The van der Waals surface area contributed by atoms with Crippen LogP contribution >= 0.6 is 0 Å². The van der Waals surface area contributed by atoms with Crippen molar-refractivity contribution in [1.82, 2.24) is 0 Å². The highest BCUT2D eigenvalue weighted by Crippen LogP contribution is 2.23. The first-order chi connectivity index (χ1) is 7.51. The lowest BCUT2D eigenvalue weighted by molar-refractivity contribution is 0.0926. The summed E-state index contributed by atoms with van der Waals surface area (Å²) in [5.41, 5.74) is 0.144. The number of methoxy groups -OCH3 is 1. The van der Waals surface area contributed by atoms with E-state index in [-0.39, 0.29) is 23.0 Å². The lowest BCUT2D eigenvalue weighted by Crippen LogP contribution is -2.11. The lowest BCUT2D eigenvalue weighted by atomic mass is 9.97. The van der Waals surface area contributed by atoms with Gasteiger partial charge in [0.15, 0.2) is 17.3 Å². The SMILES string of the molecule is CCC(C)C(=O)c1cc(F)c(F)c(OC)c1. The maximum Gasteiger partial charge on any atom is 0.200 e. The van der Waals surface area contributed by atoms with Crippen LogP contribution in [0.4, 0.5) is 8.78 Å². The smallest absolute Gasteiger partial charge is 0.200 e. The van der Waals surface area contributed by atoms with Crippen LogP contribution in [-0.4, -0.2) is 12.9 Å². The topological polar surface area (TPSA) is 26.3 Å². The molecular formula is C12H14F2O2. The van der Waals surface area contributed by atoms with Crippen LogP contribution in [0.3, 0.4) is 0 Å². The molecule has 1 aromatic carbocycles. The Morgan fingerprint density at radius 2 is 2.06 bits per heavy atom. The molecule has 88 valence electrons. The molecule has 0 spiro atoms. The second kappa shape index (κ2) is 5.05. The highest BCUT2D eigenvalue weighted by Gasteiger charge is 2.18. The van der Waals surface area contributed by atoms with Crippen LogP contribution in [0.25, 0.3) is 0 Å². The summed E-state index contributed by atoms with van der Waals surface area (Å²) in [7, 11) is 1.23. The molecule has 4 heteroatoms. The highest BCUT2D eigenvalue weighted by molar-refractivity contribution is 5.98. The van der Waals surface area contributed by atoms with Gasteiger partial charge in [-0.1, -0.05) is 13.8 Å². The summed E-state index contributed by atoms with van der Waals surface area (Å²) < 4.78 is 30.9. The predicted octanol–water partition coefficient (Wildman–Crippen LogP) is 3.20. The zero-order valence-corrected chi connectivity index (χ0v) is 9.51. The molecule has 0 heterocycles. The van der Waals surface area contributed by atoms with E-state index in [4.69, 9.17) is 0 Å². The maximum atomic E-state index is 13.1. The summed E-state index contributed by atoms with van der Waals surface area (Å²) in [4.78, 5) is 11.8. The average Bonchev–Trinajstić information content (AvgIpc) is 2.30. The number of carbonyl (C=O) groups excluding carboxylic acids is 1. The van der Waals surface area contributed by atoms with Crippen LogP contribution in [0, 0.1) is 17.6 Å². The Bertz CT molecular complexity index is 402. The van der Waals surface area contributed by atoms with Gasteiger partial charge in [-0.25, -0.2) is 4.39 Å². The molecule has 0 N–H and O–H groups in total. The van der Waals surface area contributed by atoms with E-state index in [1.54, 1.807) is 6.92 Å². The van der Waals surface area contributed by atoms with E-state index in [9.17, 15) is 13.6 Å². The number of ketones is 1. The molecule has 0 aliphatic heterocycles. The zero-order valence-electron chi connectivity index (χ0n) is 9.51. The molecule has 0 aromatic heterocycles. The molecule has 2 nitrogen and oxygen atoms in total. The third kappa shape index (κ3) is 2.38. The Balaban J connectivity index is 3.16. The van der Waals surface area contributed by atoms with Gasteiger partial charge in [0, 0.05) is 11.5 Å². The van der Waals surface area contributed by atoms with Crippen molar-refractivity contribution >= 4 is 5.78 Å². The summed E-state index contributed by atoms with van der Waals surface area (Å²) >= 11 is 0. The maximum absolute atomic E-state index is 13.1. The Labute approximate surface area is 93.2 Å². The monoisotopic (exact) mass is 228 g/mol. The molecule has 0 bridgehead atoms. The molecule has 0 saturated carbocycles. The first-order valence-corrected chi connectivity index (χ1v) is 5.08. The van der Waals surface area contributed by atoms with E-state index in [0.29, 0.717) is 6.42 Å². The molecule has 1 rings (SSSR count). The molecule has 0 saturated heterocycles. The number of hydrogen-bond acceptors (Lipinski definition) is 2. The van der Waals surface area contributed by atoms with E-state index in [0.717, 1.165) is 6.07 Å². The van der Waals surface area contributed by atoms with Crippen LogP contribution in [0.5, 0.6) is 5.75 Å². The van der Waals surface area contributed by atoms with Gasteiger partial charge in [-0.15, -0.1) is 0 Å². The van der Waals surface area contributed by atoms with E-state index >= 15 is 0 Å². The van der Waals surface area contributed by atoms with Gasteiger partial charge in [0.05, 0.1) is 7.11 Å². The fourth-order valence-corrected chi connectivity index (χ4v) is 1.32. The van der Waals surface area contributed by atoms with Crippen LogP contribution < -0.4 is 4.74 Å². The lowest BCUT2D eigenvalue weighted by Gasteiger charge is -2.09. The normalized spacial score (nSPS) is 12.3. The highest BCUT2D eigenvalue weighted by atomic mass is 19.2. The molecular weight excluding hydrogens is 214 g/mol. The van der Waals surface area contributed by atoms with Gasteiger partial charge < -0.3 is 4.74 Å². The molecule has 1 atom stereocenters. The quantitative estimate of drug-likeness (QED) is 0.740. The molecule has 0 aliphatic rings. The molecule has 0 fully saturated rings. The van der Waals surface area contributed by atoms with Crippen LogP contribution in [-0.2, 0) is 0 Å². The number of carbonyl (C=O) groups is 1. The number of Topliss-reactive ketones (excluding diaryl/α,β-unsaturated/α-hetero) is 1. The van der Waals surface area contributed by atoms with E-state index in [1.165, 1.54) is 13.2 Å².